The lowest BCUT2D eigenvalue weighted by Gasteiger charge is -2.30. The molecule has 1 aromatic carbocycles. The average molecular weight is 369 g/mol. The normalized spacial score (nSPS) is 36.0. The van der Waals surface area contributed by atoms with Gasteiger partial charge in [-0.3, -0.25) is 4.79 Å². The van der Waals surface area contributed by atoms with Crippen molar-refractivity contribution in [1.29, 1.82) is 0 Å². The molecule has 4 atom stereocenters. The van der Waals surface area contributed by atoms with E-state index in [1.807, 2.05) is 0 Å². The third-order valence-electron chi connectivity index (χ3n) is 7.68. The number of amides is 1. The molecule has 4 fully saturated rings. The number of aryl methyl sites for hydroxylation is 1. The van der Waals surface area contributed by atoms with Crippen molar-refractivity contribution < 1.29 is 9.53 Å². The van der Waals surface area contributed by atoms with E-state index in [-0.39, 0.29) is 16.9 Å². The van der Waals surface area contributed by atoms with Crippen LogP contribution in [0.25, 0.3) is 0 Å². The molecular formula is C23H32N2O2. The fourth-order valence-electron chi connectivity index (χ4n) is 5.72. The molecular weight excluding hydrogens is 336 g/mol. The predicted molar refractivity (Wildman–Crippen MR) is 105 cm³/mol. The molecule has 27 heavy (non-hydrogen) atoms. The van der Waals surface area contributed by atoms with E-state index in [9.17, 15) is 4.79 Å². The molecule has 1 saturated carbocycles. The molecule has 1 aromatic rings. The van der Waals surface area contributed by atoms with E-state index in [2.05, 4.69) is 47.5 Å². The fourth-order valence-corrected chi connectivity index (χ4v) is 5.72. The van der Waals surface area contributed by atoms with E-state index in [0.29, 0.717) is 17.9 Å². The fraction of sp³-hybridized carbons (Fsp3) is 0.696. The Morgan fingerprint density at radius 1 is 1.26 bits per heavy atom. The SMILES string of the molecule is CC1(C(=O)NC[C@H]2[C@H]3CN(CCCc4ccccc4)C[C@]34CC[C@H]2O4)CC1. The molecule has 3 saturated heterocycles. The Hall–Kier alpha value is -1.39. The number of carbonyl (C=O) groups is 1. The first-order valence-electron chi connectivity index (χ1n) is 10.8. The highest BCUT2D eigenvalue weighted by molar-refractivity contribution is 5.84. The van der Waals surface area contributed by atoms with Gasteiger partial charge in [0.2, 0.25) is 5.91 Å². The molecule has 3 aliphatic heterocycles. The summed E-state index contributed by atoms with van der Waals surface area (Å²) >= 11 is 0. The molecule has 4 aliphatic rings. The first-order valence-corrected chi connectivity index (χ1v) is 10.8. The molecule has 0 unspecified atom stereocenters. The summed E-state index contributed by atoms with van der Waals surface area (Å²) in [6.45, 7) is 6.28. The van der Waals surface area contributed by atoms with Crippen LogP contribution in [0.2, 0.25) is 0 Å². The lowest BCUT2D eigenvalue weighted by Crippen LogP contribution is -2.43. The average Bonchev–Trinajstić information content (AvgIpc) is 3.03. The van der Waals surface area contributed by atoms with Crippen molar-refractivity contribution in [3.05, 3.63) is 35.9 Å². The van der Waals surface area contributed by atoms with Crippen LogP contribution in [0.3, 0.4) is 0 Å². The van der Waals surface area contributed by atoms with E-state index >= 15 is 0 Å². The monoisotopic (exact) mass is 368 g/mol. The van der Waals surface area contributed by atoms with Crippen molar-refractivity contribution >= 4 is 5.91 Å². The standard InChI is InChI=1S/C23H32N2O2/c1-22(11-12-22)21(26)24-14-18-19-15-25(16-23(19)10-9-20(18)27-23)13-5-8-17-6-3-2-4-7-17/h2-4,6-7,18-20H,5,8-16H2,1H3,(H,24,26)/t18-,19+,20+,23+/m0/s1. The van der Waals surface area contributed by atoms with Crippen LogP contribution < -0.4 is 5.32 Å². The van der Waals surface area contributed by atoms with E-state index < -0.39 is 0 Å². The topological polar surface area (TPSA) is 41.6 Å². The van der Waals surface area contributed by atoms with Gasteiger partial charge in [0, 0.05) is 36.9 Å². The van der Waals surface area contributed by atoms with E-state index in [1.54, 1.807) is 0 Å². The van der Waals surface area contributed by atoms with Crippen molar-refractivity contribution in [2.24, 2.45) is 17.3 Å². The van der Waals surface area contributed by atoms with Gasteiger partial charge >= 0.3 is 0 Å². The van der Waals surface area contributed by atoms with Crippen LogP contribution in [0.4, 0.5) is 0 Å². The lowest BCUT2D eigenvalue weighted by molar-refractivity contribution is -0.126. The van der Waals surface area contributed by atoms with Gasteiger partial charge in [0.1, 0.15) is 0 Å². The highest BCUT2D eigenvalue weighted by atomic mass is 16.5. The minimum absolute atomic E-state index is 0.0741. The second-order valence-electron chi connectivity index (χ2n) is 9.63. The molecule has 1 aliphatic carbocycles. The highest BCUT2D eigenvalue weighted by Crippen LogP contribution is 2.54. The van der Waals surface area contributed by atoms with Crippen LogP contribution in [0.5, 0.6) is 0 Å². The van der Waals surface area contributed by atoms with Crippen molar-refractivity contribution in [2.45, 2.75) is 57.2 Å². The van der Waals surface area contributed by atoms with E-state index in [1.165, 1.54) is 24.8 Å². The number of carbonyl (C=O) groups excluding carboxylic acids is 1. The van der Waals surface area contributed by atoms with Crippen LogP contribution in [-0.4, -0.2) is 48.7 Å². The summed E-state index contributed by atoms with van der Waals surface area (Å²) in [4.78, 5) is 15.0. The van der Waals surface area contributed by atoms with Gasteiger partial charge in [-0.05, 0) is 50.6 Å². The summed E-state index contributed by atoms with van der Waals surface area (Å²) < 4.78 is 6.53. The number of nitrogens with one attached hydrogen (secondary N) is 1. The zero-order chi connectivity index (χ0) is 18.5. The Morgan fingerprint density at radius 3 is 2.85 bits per heavy atom. The zero-order valence-electron chi connectivity index (χ0n) is 16.5. The van der Waals surface area contributed by atoms with Crippen molar-refractivity contribution in [3.8, 4) is 0 Å². The Morgan fingerprint density at radius 2 is 2.07 bits per heavy atom. The van der Waals surface area contributed by atoms with Gasteiger partial charge in [0.15, 0.2) is 0 Å². The van der Waals surface area contributed by atoms with Gasteiger partial charge in [0.25, 0.3) is 0 Å². The Bertz CT molecular complexity index is 702. The van der Waals surface area contributed by atoms with Gasteiger partial charge in [-0.1, -0.05) is 37.3 Å². The third kappa shape index (κ3) is 3.21. The summed E-state index contributed by atoms with van der Waals surface area (Å²) in [7, 11) is 0. The van der Waals surface area contributed by atoms with Crippen molar-refractivity contribution in [1.82, 2.24) is 10.2 Å². The number of hydrogen-bond acceptors (Lipinski definition) is 3. The Labute approximate surface area is 162 Å². The summed E-state index contributed by atoms with van der Waals surface area (Å²) in [6, 6.07) is 10.8. The van der Waals surface area contributed by atoms with Gasteiger partial charge in [-0.2, -0.15) is 0 Å². The van der Waals surface area contributed by atoms with Gasteiger partial charge in [-0.15, -0.1) is 0 Å². The Kier molecular flexibility index (Phi) is 4.32. The summed E-state index contributed by atoms with van der Waals surface area (Å²) in [5, 5.41) is 3.26. The minimum atomic E-state index is -0.0741. The molecule has 146 valence electrons. The first-order chi connectivity index (χ1) is 13.1. The van der Waals surface area contributed by atoms with E-state index in [4.69, 9.17) is 4.74 Å². The maximum Gasteiger partial charge on any atom is 0.225 e. The number of benzene rings is 1. The smallest absolute Gasteiger partial charge is 0.225 e. The summed E-state index contributed by atoms with van der Waals surface area (Å²) in [6.07, 6.45) is 7.20. The quantitative estimate of drug-likeness (QED) is 0.804. The second-order valence-corrected chi connectivity index (χ2v) is 9.63. The number of ether oxygens (including phenoxy) is 1. The molecule has 2 bridgehead atoms. The number of likely N-dealkylation sites (tertiary alicyclic amines) is 1. The largest absolute Gasteiger partial charge is 0.370 e. The maximum absolute atomic E-state index is 12.4. The number of fused-ring (bicyclic) bond motifs is 1. The number of hydrogen-bond donors (Lipinski definition) is 1. The highest BCUT2D eigenvalue weighted by Gasteiger charge is 2.62. The molecule has 5 rings (SSSR count). The first kappa shape index (κ1) is 17.7. The molecule has 1 N–H and O–H groups in total. The molecule has 0 aromatic heterocycles. The molecule has 1 spiro atoms. The Balaban J connectivity index is 1.16. The molecule has 0 radical (unpaired) electrons. The number of rotatable bonds is 7. The second kappa shape index (κ2) is 6.59. The third-order valence-corrected chi connectivity index (χ3v) is 7.68. The minimum Gasteiger partial charge on any atom is -0.370 e. The summed E-state index contributed by atoms with van der Waals surface area (Å²) in [5.41, 5.74) is 1.44. The molecule has 1 amide bonds. The number of nitrogens with zero attached hydrogens (tertiary/aromatic N) is 1. The summed E-state index contributed by atoms with van der Waals surface area (Å²) in [5.74, 6) is 1.36. The molecule has 4 nitrogen and oxygen atoms in total. The van der Waals surface area contributed by atoms with Gasteiger partial charge in [0.05, 0.1) is 11.7 Å². The predicted octanol–water partition coefficient (Wildman–Crippen LogP) is 3.01. The van der Waals surface area contributed by atoms with Crippen molar-refractivity contribution in [2.75, 3.05) is 26.2 Å². The van der Waals surface area contributed by atoms with Crippen molar-refractivity contribution in [3.63, 3.8) is 0 Å². The van der Waals surface area contributed by atoms with Gasteiger partial charge in [-0.25, -0.2) is 0 Å². The van der Waals surface area contributed by atoms with Crippen LogP contribution in [0, 0.1) is 17.3 Å². The molecule has 3 heterocycles. The van der Waals surface area contributed by atoms with Crippen LogP contribution >= 0.6 is 0 Å². The van der Waals surface area contributed by atoms with Gasteiger partial charge < -0.3 is 15.0 Å². The lowest BCUT2D eigenvalue weighted by atomic mass is 9.73. The maximum atomic E-state index is 12.4. The van der Waals surface area contributed by atoms with Crippen LogP contribution in [0.15, 0.2) is 30.3 Å². The molecule has 4 heteroatoms. The van der Waals surface area contributed by atoms with Crippen LogP contribution in [-0.2, 0) is 16.0 Å². The van der Waals surface area contributed by atoms with Crippen LogP contribution in [0.1, 0.15) is 44.6 Å². The van der Waals surface area contributed by atoms with E-state index in [0.717, 1.165) is 45.4 Å². The zero-order valence-corrected chi connectivity index (χ0v) is 16.5.